The third kappa shape index (κ3) is 3.95. The maximum absolute atomic E-state index is 12.1. The first kappa shape index (κ1) is 15.3. The summed E-state index contributed by atoms with van der Waals surface area (Å²) >= 11 is 3.30. The number of ether oxygens (including phenoxy) is 2. The Morgan fingerprint density at radius 1 is 1.33 bits per heavy atom. The van der Waals surface area contributed by atoms with Crippen molar-refractivity contribution in [3.63, 3.8) is 0 Å². The molecule has 1 heterocycles. The molecular formula is C15H15BrN2O3. The quantitative estimate of drug-likeness (QED) is 0.662. The van der Waals surface area contributed by atoms with Crippen molar-refractivity contribution in [3.05, 3.63) is 52.3 Å². The summed E-state index contributed by atoms with van der Waals surface area (Å²) in [5, 5.41) is 0. The molecule has 2 N–H and O–H groups in total. The molecule has 0 saturated heterocycles. The second-order valence-corrected chi connectivity index (χ2v) is 5.12. The Labute approximate surface area is 131 Å². The van der Waals surface area contributed by atoms with E-state index in [1.807, 2.05) is 13.0 Å². The largest absolute Gasteiger partial charge is 0.491 e. The molecule has 21 heavy (non-hydrogen) atoms. The zero-order chi connectivity index (χ0) is 15.2. The molecule has 1 aromatic carbocycles. The van der Waals surface area contributed by atoms with E-state index in [9.17, 15) is 4.79 Å². The van der Waals surface area contributed by atoms with Crippen LogP contribution in [0.4, 0.5) is 5.69 Å². The van der Waals surface area contributed by atoms with Gasteiger partial charge in [0.15, 0.2) is 5.75 Å². The van der Waals surface area contributed by atoms with Crippen LogP contribution < -0.4 is 10.5 Å². The first-order chi connectivity index (χ1) is 10.1. The van der Waals surface area contributed by atoms with E-state index in [1.54, 1.807) is 30.5 Å². The van der Waals surface area contributed by atoms with E-state index < -0.39 is 5.97 Å². The number of rotatable bonds is 5. The fourth-order valence-electron chi connectivity index (χ4n) is 1.73. The number of aromatic nitrogens is 1. The Morgan fingerprint density at radius 2 is 2.14 bits per heavy atom. The Kier molecular flexibility index (Phi) is 5.16. The van der Waals surface area contributed by atoms with Gasteiger partial charge in [-0.25, -0.2) is 4.79 Å². The molecule has 2 aromatic rings. The molecule has 1 aromatic heterocycles. The van der Waals surface area contributed by atoms with Crippen LogP contribution in [0.25, 0.3) is 0 Å². The summed E-state index contributed by atoms with van der Waals surface area (Å²) in [6.07, 6.45) is 1.65. The maximum atomic E-state index is 12.1. The van der Waals surface area contributed by atoms with Gasteiger partial charge in [-0.2, -0.15) is 0 Å². The van der Waals surface area contributed by atoms with Crippen LogP contribution in [-0.2, 0) is 11.3 Å². The summed E-state index contributed by atoms with van der Waals surface area (Å²) in [5.74, 6) is -0.135. The zero-order valence-corrected chi connectivity index (χ0v) is 13.1. The minimum Gasteiger partial charge on any atom is -0.491 e. The van der Waals surface area contributed by atoms with E-state index >= 15 is 0 Å². The highest BCUT2D eigenvalue weighted by atomic mass is 79.9. The van der Waals surface area contributed by atoms with Gasteiger partial charge >= 0.3 is 5.97 Å². The Morgan fingerprint density at radius 3 is 2.81 bits per heavy atom. The monoisotopic (exact) mass is 350 g/mol. The van der Waals surface area contributed by atoms with E-state index in [4.69, 9.17) is 15.2 Å². The highest BCUT2D eigenvalue weighted by molar-refractivity contribution is 9.10. The summed E-state index contributed by atoms with van der Waals surface area (Å²) < 4.78 is 11.5. The number of nitrogens with zero attached hydrogens (tertiary/aromatic N) is 1. The number of nitrogens with two attached hydrogens (primary N) is 1. The average molecular weight is 351 g/mol. The van der Waals surface area contributed by atoms with E-state index in [2.05, 4.69) is 20.9 Å². The van der Waals surface area contributed by atoms with Gasteiger partial charge in [0, 0.05) is 10.7 Å². The first-order valence-corrected chi connectivity index (χ1v) is 7.20. The minimum absolute atomic E-state index is 0.0898. The Bertz CT molecular complexity index is 629. The Hall–Kier alpha value is -2.08. The van der Waals surface area contributed by atoms with Gasteiger partial charge in [-0.05, 0) is 47.1 Å². The van der Waals surface area contributed by atoms with Crippen molar-refractivity contribution in [1.82, 2.24) is 4.98 Å². The van der Waals surface area contributed by atoms with E-state index in [-0.39, 0.29) is 6.61 Å². The van der Waals surface area contributed by atoms with Crippen LogP contribution in [0.1, 0.15) is 23.0 Å². The predicted molar refractivity (Wildman–Crippen MR) is 83.1 cm³/mol. The number of hydrogen-bond acceptors (Lipinski definition) is 5. The number of anilines is 1. The fraction of sp³-hybridized carbons (Fsp3) is 0.200. The lowest BCUT2D eigenvalue weighted by Crippen LogP contribution is -2.10. The van der Waals surface area contributed by atoms with Crippen molar-refractivity contribution >= 4 is 27.6 Å². The minimum atomic E-state index is -0.490. The number of nitrogen functional groups attached to an aromatic ring is 1. The second kappa shape index (κ2) is 7.08. The van der Waals surface area contributed by atoms with Crippen LogP contribution in [0.2, 0.25) is 0 Å². The van der Waals surface area contributed by atoms with Crippen molar-refractivity contribution in [2.75, 3.05) is 12.3 Å². The van der Waals surface area contributed by atoms with Gasteiger partial charge < -0.3 is 15.2 Å². The number of pyridine rings is 1. The smallest absolute Gasteiger partial charge is 0.342 e. The molecule has 0 aliphatic rings. The summed E-state index contributed by atoms with van der Waals surface area (Å²) in [7, 11) is 0. The number of para-hydroxylation sites is 1. The molecule has 0 amide bonds. The van der Waals surface area contributed by atoms with Gasteiger partial charge in [0.25, 0.3) is 0 Å². The van der Waals surface area contributed by atoms with Crippen LogP contribution in [0.3, 0.4) is 0 Å². The molecule has 0 bridgehead atoms. The molecule has 0 radical (unpaired) electrons. The summed E-state index contributed by atoms with van der Waals surface area (Å²) in [6.45, 7) is 2.34. The number of hydrogen-bond donors (Lipinski definition) is 1. The normalized spacial score (nSPS) is 10.2. The molecule has 2 rings (SSSR count). The third-order valence-corrected chi connectivity index (χ3v) is 3.16. The van der Waals surface area contributed by atoms with Crippen LogP contribution in [0, 0.1) is 0 Å². The van der Waals surface area contributed by atoms with Gasteiger partial charge in [-0.3, -0.25) is 4.98 Å². The topological polar surface area (TPSA) is 74.4 Å². The molecule has 0 fully saturated rings. The first-order valence-electron chi connectivity index (χ1n) is 6.40. The second-order valence-electron chi connectivity index (χ2n) is 4.20. The van der Waals surface area contributed by atoms with Gasteiger partial charge in [-0.15, -0.1) is 0 Å². The predicted octanol–water partition coefficient (Wildman–Crippen LogP) is 3.18. The van der Waals surface area contributed by atoms with Crippen molar-refractivity contribution in [1.29, 1.82) is 0 Å². The van der Waals surface area contributed by atoms with Crippen LogP contribution in [0.15, 0.2) is 41.0 Å². The van der Waals surface area contributed by atoms with Gasteiger partial charge in [0.2, 0.25) is 0 Å². The van der Waals surface area contributed by atoms with Crippen molar-refractivity contribution < 1.29 is 14.3 Å². The number of benzene rings is 1. The Balaban J connectivity index is 2.10. The van der Waals surface area contributed by atoms with E-state index in [1.165, 1.54) is 0 Å². The van der Waals surface area contributed by atoms with E-state index in [0.29, 0.717) is 29.3 Å². The van der Waals surface area contributed by atoms with Gasteiger partial charge in [-0.1, -0.05) is 6.07 Å². The third-order valence-electron chi connectivity index (χ3n) is 2.69. The lowest BCUT2D eigenvalue weighted by atomic mass is 10.1. The van der Waals surface area contributed by atoms with Crippen LogP contribution in [-0.4, -0.2) is 17.6 Å². The number of carbonyl (C=O) groups excluding carboxylic acids is 1. The van der Waals surface area contributed by atoms with Crippen LogP contribution >= 0.6 is 15.9 Å². The summed E-state index contributed by atoms with van der Waals surface area (Å²) in [4.78, 5) is 16.3. The van der Waals surface area contributed by atoms with E-state index in [0.717, 1.165) is 4.47 Å². The molecule has 110 valence electrons. The summed E-state index contributed by atoms with van der Waals surface area (Å²) in [6, 6.07) is 8.60. The summed E-state index contributed by atoms with van der Waals surface area (Å²) in [5.41, 5.74) is 7.20. The number of carbonyl (C=O) groups is 1. The van der Waals surface area contributed by atoms with Gasteiger partial charge in [0.05, 0.1) is 18.0 Å². The molecule has 0 aliphatic heterocycles. The highest BCUT2D eigenvalue weighted by Gasteiger charge is 2.16. The fourth-order valence-corrected chi connectivity index (χ4v) is 1.96. The molecule has 0 saturated carbocycles. The maximum Gasteiger partial charge on any atom is 0.342 e. The molecule has 6 heteroatoms. The van der Waals surface area contributed by atoms with Crippen molar-refractivity contribution in [3.8, 4) is 5.75 Å². The SMILES string of the molecule is CCOc1c(N)cccc1C(=O)OCc1ccc(Br)cn1. The number of halogens is 1. The van der Waals surface area contributed by atoms with Gasteiger partial charge in [0.1, 0.15) is 12.2 Å². The molecule has 0 spiro atoms. The molecule has 0 unspecified atom stereocenters. The highest BCUT2D eigenvalue weighted by Crippen LogP contribution is 2.27. The van der Waals surface area contributed by atoms with Crippen molar-refractivity contribution in [2.45, 2.75) is 13.5 Å². The number of esters is 1. The lowest BCUT2D eigenvalue weighted by molar-refractivity contribution is 0.0463. The zero-order valence-electron chi connectivity index (χ0n) is 11.5. The van der Waals surface area contributed by atoms with Crippen molar-refractivity contribution in [2.24, 2.45) is 0 Å². The lowest BCUT2D eigenvalue weighted by Gasteiger charge is -2.12. The molecule has 5 nitrogen and oxygen atoms in total. The molecule has 0 aliphatic carbocycles. The molecular weight excluding hydrogens is 336 g/mol. The standard InChI is InChI=1S/C15H15BrN2O3/c1-2-20-14-12(4-3-5-13(14)17)15(19)21-9-11-7-6-10(16)8-18-11/h3-8H,2,9,17H2,1H3. The average Bonchev–Trinajstić information content (AvgIpc) is 2.48. The van der Waals surface area contributed by atoms with Crippen LogP contribution in [0.5, 0.6) is 5.75 Å². The molecule has 0 atom stereocenters.